The standard InChI is InChI=1S/C12H12Br2N4/c1-3-9-6(2)11(15)18-12(17-9)10-8(14)4-7(13)5-16-10/h4-5H,3H2,1-2H3,(H2,15,17,18). The zero-order valence-corrected chi connectivity index (χ0v) is 13.2. The van der Waals surface area contributed by atoms with Crippen LogP contribution in [0.3, 0.4) is 0 Å². The normalized spacial score (nSPS) is 10.7. The molecule has 0 spiro atoms. The van der Waals surface area contributed by atoms with Gasteiger partial charge >= 0.3 is 0 Å². The maximum absolute atomic E-state index is 5.91. The third kappa shape index (κ3) is 2.54. The maximum Gasteiger partial charge on any atom is 0.181 e. The largest absolute Gasteiger partial charge is 0.383 e. The molecule has 0 amide bonds. The first-order chi connectivity index (χ1) is 8.52. The van der Waals surface area contributed by atoms with Gasteiger partial charge in [0.1, 0.15) is 11.5 Å². The van der Waals surface area contributed by atoms with E-state index in [4.69, 9.17) is 5.73 Å². The van der Waals surface area contributed by atoms with Crippen LogP contribution in [0.1, 0.15) is 18.2 Å². The van der Waals surface area contributed by atoms with Crippen LogP contribution in [0.15, 0.2) is 21.2 Å². The number of aromatic nitrogens is 3. The minimum Gasteiger partial charge on any atom is -0.383 e. The summed E-state index contributed by atoms with van der Waals surface area (Å²) in [6.45, 7) is 3.98. The second-order valence-electron chi connectivity index (χ2n) is 3.84. The summed E-state index contributed by atoms with van der Waals surface area (Å²) in [7, 11) is 0. The number of aryl methyl sites for hydroxylation is 1. The molecular formula is C12H12Br2N4. The Balaban J connectivity index is 2.60. The van der Waals surface area contributed by atoms with Crippen molar-refractivity contribution in [3.63, 3.8) is 0 Å². The molecule has 4 nitrogen and oxygen atoms in total. The number of hydrogen-bond donors (Lipinski definition) is 1. The molecule has 0 aliphatic rings. The Labute approximate surface area is 122 Å². The lowest BCUT2D eigenvalue weighted by molar-refractivity contribution is 0.975. The molecule has 0 saturated carbocycles. The van der Waals surface area contributed by atoms with Crippen LogP contribution < -0.4 is 5.73 Å². The summed E-state index contributed by atoms with van der Waals surface area (Å²) in [6.07, 6.45) is 2.53. The first-order valence-corrected chi connectivity index (χ1v) is 7.06. The molecule has 94 valence electrons. The van der Waals surface area contributed by atoms with Gasteiger partial charge in [-0.1, -0.05) is 6.92 Å². The van der Waals surface area contributed by atoms with Crippen molar-refractivity contribution in [1.82, 2.24) is 15.0 Å². The predicted molar refractivity (Wildman–Crippen MR) is 79.2 cm³/mol. The Hall–Kier alpha value is -1.01. The average Bonchev–Trinajstić information content (AvgIpc) is 2.32. The van der Waals surface area contributed by atoms with Gasteiger partial charge in [0, 0.05) is 26.4 Å². The molecule has 0 aromatic carbocycles. The molecule has 0 aliphatic carbocycles. The molecule has 2 N–H and O–H groups in total. The van der Waals surface area contributed by atoms with Crippen molar-refractivity contribution in [2.75, 3.05) is 5.73 Å². The van der Waals surface area contributed by atoms with Crippen molar-refractivity contribution in [3.05, 3.63) is 32.5 Å². The van der Waals surface area contributed by atoms with Gasteiger partial charge < -0.3 is 5.73 Å². The average molecular weight is 372 g/mol. The van der Waals surface area contributed by atoms with E-state index in [2.05, 4.69) is 46.8 Å². The maximum atomic E-state index is 5.91. The highest BCUT2D eigenvalue weighted by atomic mass is 79.9. The summed E-state index contributed by atoms with van der Waals surface area (Å²) < 4.78 is 1.73. The van der Waals surface area contributed by atoms with E-state index in [0.29, 0.717) is 17.3 Å². The zero-order chi connectivity index (χ0) is 13.3. The Bertz CT molecular complexity index is 599. The molecule has 2 aromatic rings. The lowest BCUT2D eigenvalue weighted by Crippen LogP contribution is -2.05. The summed E-state index contributed by atoms with van der Waals surface area (Å²) in [4.78, 5) is 13.1. The van der Waals surface area contributed by atoms with E-state index in [-0.39, 0.29) is 0 Å². The molecule has 0 aliphatic heterocycles. The van der Waals surface area contributed by atoms with E-state index in [9.17, 15) is 0 Å². The number of halogens is 2. The van der Waals surface area contributed by atoms with Crippen molar-refractivity contribution in [3.8, 4) is 11.5 Å². The van der Waals surface area contributed by atoms with E-state index < -0.39 is 0 Å². The monoisotopic (exact) mass is 370 g/mol. The molecule has 2 heterocycles. The lowest BCUT2D eigenvalue weighted by Gasteiger charge is -2.09. The number of rotatable bonds is 2. The first kappa shape index (κ1) is 13.4. The molecule has 2 aromatic heterocycles. The molecule has 18 heavy (non-hydrogen) atoms. The van der Waals surface area contributed by atoms with Gasteiger partial charge in [-0.3, -0.25) is 4.98 Å². The quantitative estimate of drug-likeness (QED) is 0.877. The second kappa shape index (κ2) is 5.32. The molecule has 0 saturated heterocycles. The molecular weight excluding hydrogens is 360 g/mol. The lowest BCUT2D eigenvalue weighted by atomic mass is 10.2. The summed E-state index contributed by atoms with van der Waals surface area (Å²) in [5.41, 5.74) is 8.50. The van der Waals surface area contributed by atoms with E-state index in [0.717, 1.165) is 26.6 Å². The van der Waals surface area contributed by atoms with Crippen molar-refractivity contribution < 1.29 is 0 Å². The highest BCUT2D eigenvalue weighted by molar-refractivity contribution is 9.11. The Morgan fingerprint density at radius 1 is 1.28 bits per heavy atom. The molecule has 0 atom stereocenters. The Morgan fingerprint density at radius 2 is 2.00 bits per heavy atom. The van der Waals surface area contributed by atoms with Crippen LogP contribution in [0.25, 0.3) is 11.5 Å². The van der Waals surface area contributed by atoms with Crippen molar-refractivity contribution >= 4 is 37.7 Å². The number of hydrogen-bond acceptors (Lipinski definition) is 4. The first-order valence-electron chi connectivity index (χ1n) is 5.47. The number of pyridine rings is 1. The van der Waals surface area contributed by atoms with Gasteiger partial charge in [0.2, 0.25) is 0 Å². The summed E-state index contributed by atoms with van der Waals surface area (Å²) in [6, 6.07) is 1.91. The smallest absolute Gasteiger partial charge is 0.181 e. The number of nitrogen functional groups attached to an aromatic ring is 1. The van der Waals surface area contributed by atoms with Crippen LogP contribution >= 0.6 is 31.9 Å². The molecule has 0 bridgehead atoms. The predicted octanol–water partition coefficient (Wildman–Crippen LogP) is 3.52. The number of nitrogens with zero attached hydrogens (tertiary/aromatic N) is 3. The zero-order valence-electron chi connectivity index (χ0n) is 10.0. The van der Waals surface area contributed by atoms with Crippen molar-refractivity contribution in [2.24, 2.45) is 0 Å². The molecule has 6 heteroatoms. The van der Waals surface area contributed by atoms with Crippen LogP contribution in [0.5, 0.6) is 0 Å². The second-order valence-corrected chi connectivity index (χ2v) is 5.61. The van der Waals surface area contributed by atoms with Crippen LogP contribution in [0.4, 0.5) is 5.82 Å². The van der Waals surface area contributed by atoms with Gasteiger partial charge in [-0.05, 0) is 51.3 Å². The fourth-order valence-electron chi connectivity index (χ4n) is 1.61. The van der Waals surface area contributed by atoms with E-state index >= 15 is 0 Å². The minimum atomic E-state index is 0.508. The van der Waals surface area contributed by atoms with E-state index in [1.165, 1.54) is 0 Å². The fourth-order valence-corrected chi connectivity index (χ4v) is 2.78. The highest BCUT2D eigenvalue weighted by Gasteiger charge is 2.13. The number of anilines is 1. The third-order valence-electron chi connectivity index (χ3n) is 2.64. The van der Waals surface area contributed by atoms with Crippen LogP contribution in [-0.4, -0.2) is 15.0 Å². The van der Waals surface area contributed by atoms with Gasteiger partial charge in [0.05, 0.1) is 0 Å². The Kier molecular flexibility index (Phi) is 3.97. The van der Waals surface area contributed by atoms with Gasteiger partial charge in [0.15, 0.2) is 5.82 Å². The van der Waals surface area contributed by atoms with Crippen molar-refractivity contribution in [2.45, 2.75) is 20.3 Å². The van der Waals surface area contributed by atoms with Gasteiger partial charge in [-0.15, -0.1) is 0 Å². The van der Waals surface area contributed by atoms with Gasteiger partial charge in [-0.25, -0.2) is 9.97 Å². The van der Waals surface area contributed by atoms with Crippen LogP contribution in [0, 0.1) is 6.92 Å². The summed E-state index contributed by atoms with van der Waals surface area (Å²) >= 11 is 6.83. The topological polar surface area (TPSA) is 64.7 Å². The summed E-state index contributed by atoms with van der Waals surface area (Å²) in [5, 5.41) is 0. The minimum absolute atomic E-state index is 0.508. The van der Waals surface area contributed by atoms with E-state index in [1.807, 2.05) is 19.9 Å². The summed E-state index contributed by atoms with van der Waals surface area (Å²) in [5.74, 6) is 1.06. The van der Waals surface area contributed by atoms with Crippen LogP contribution in [0.2, 0.25) is 0 Å². The highest BCUT2D eigenvalue weighted by Crippen LogP contribution is 2.27. The molecule has 0 unspecified atom stereocenters. The third-order valence-corrected chi connectivity index (χ3v) is 3.68. The SMILES string of the molecule is CCc1nc(-c2ncc(Br)cc2Br)nc(N)c1C. The fraction of sp³-hybridized carbons (Fsp3) is 0.250. The van der Waals surface area contributed by atoms with Crippen molar-refractivity contribution in [1.29, 1.82) is 0 Å². The van der Waals surface area contributed by atoms with Gasteiger partial charge in [-0.2, -0.15) is 0 Å². The molecule has 0 fully saturated rings. The van der Waals surface area contributed by atoms with Gasteiger partial charge in [0.25, 0.3) is 0 Å². The van der Waals surface area contributed by atoms with Crippen LogP contribution in [-0.2, 0) is 6.42 Å². The molecule has 0 radical (unpaired) electrons. The molecule has 2 rings (SSSR count). The number of nitrogens with two attached hydrogens (primary N) is 1. The Morgan fingerprint density at radius 3 is 2.61 bits per heavy atom. The van der Waals surface area contributed by atoms with E-state index in [1.54, 1.807) is 6.20 Å².